The molecule has 0 radical (unpaired) electrons. The number of rotatable bonds is 36. The molecule has 276 valence electrons. The molecule has 4 heteroatoms. The Balaban J connectivity index is 3.57. The van der Waals surface area contributed by atoms with Gasteiger partial charge in [-0.1, -0.05) is 177 Å². The van der Waals surface area contributed by atoms with Crippen molar-refractivity contribution in [3.8, 4) is 0 Å². The highest BCUT2D eigenvalue weighted by Gasteiger charge is 2.13. The van der Waals surface area contributed by atoms with Gasteiger partial charge in [0.15, 0.2) is 0 Å². The lowest BCUT2D eigenvalue weighted by Gasteiger charge is -2.15. The maximum absolute atomic E-state index is 12.2. The van der Waals surface area contributed by atoms with Gasteiger partial charge in [-0.25, -0.2) is 0 Å². The van der Waals surface area contributed by atoms with Gasteiger partial charge in [0, 0.05) is 13.0 Å². The van der Waals surface area contributed by atoms with Crippen molar-refractivity contribution >= 4 is 5.97 Å². The van der Waals surface area contributed by atoms with Crippen LogP contribution in [0.2, 0.25) is 0 Å². The quantitative estimate of drug-likeness (QED) is 0.0410. The Morgan fingerprint density at radius 3 is 1.38 bits per heavy atom. The van der Waals surface area contributed by atoms with Crippen molar-refractivity contribution in [2.24, 2.45) is 0 Å². The summed E-state index contributed by atoms with van der Waals surface area (Å²) in [5, 5.41) is 9.57. The minimum Gasteiger partial charge on any atom is -0.457 e. The number of hydrogen-bond donors (Lipinski definition) is 1. The van der Waals surface area contributed by atoms with E-state index in [9.17, 15) is 9.90 Å². The molecule has 1 atom stereocenters. The van der Waals surface area contributed by atoms with Gasteiger partial charge in [-0.2, -0.15) is 0 Å². The van der Waals surface area contributed by atoms with Crippen molar-refractivity contribution in [1.29, 1.82) is 0 Å². The van der Waals surface area contributed by atoms with Gasteiger partial charge in [0.2, 0.25) is 0 Å². The van der Waals surface area contributed by atoms with Crippen LogP contribution < -0.4 is 0 Å². The number of unbranched alkanes of at least 4 members (excludes halogenated alkanes) is 16. The fraction of sp³-hybridized carbons (Fsp3) is 0.705. The van der Waals surface area contributed by atoms with E-state index in [1.54, 1.807) is 0 Å². The van der Waals surface area contributed by atoms with Crippen molar-refractivity contribution in [3.05, 3.63) is 72.9 Å². The molecule has 0 aromatic heterocycles. The highest BCUT2D eigenvalue weighted by Crippen LogP contribution is 2.13. The van der Waals surface area contributed by atoms with Crippen LogP contribution in [-0.4, -0.2) is 37.0 Å². The second-order valence-corrected chi connectivity index (χ2v) is 13.0. The normalized spacial score (nSPS) is 13.1. The molecule has 0 aliphatic carbocycles. The molecule has 4 nitrogen and oxygen atoms in total. The Morgan fingerprint density at radius 2 is 0.938 bits per heavy atom. The molecule has 48 heavy (non-hydrogen) atoms. The molecule has 0 rings (SSSR count). The first kappa shape index (κ1) is 45.8. The van der Waals surface area contributed by atoms with Crippen LogP contribution in [0.4, 0.5) is 0 Å². The maximum Gasteiger partial charge on any atom is 0.306 e. The third-order valence-electron chi connectivity index (χ3n) is 8.30. The molecule has 0 bridgehead atoms. The SMILES string of the molecule is CC/C=C\C/C=C\C/C=C\C/C=C\C/C=C\C/C=C\CCCCC(=O)OC(CO)COCCCCCCCCCCCCCCCCC. The molecule has 0 amide bonds. The third kappa shape index (κ3) is 38.3. The van der Waals surface area contributed by atoms with E-state index in [2.05, 4.69) is 86.8 Å². The fourth-order valence-electron chi connectivity index (χ4n) is 5.33. The van der Waals surface area contributed by atoms with E-state index in [1.807, 2.05) is 0 Å². The number of hydrogen-bond acceptors (Lipinski definition) is 4. The number of carbonyl (C=O) groups is 1. The van der Waals surface area contributed by atoms with Crippen molar-refractivity contribution < 1.29 is 19.4 Å². The monoisotopic (exact) mass is 669 g/mol. The summed E-state index contributed by atoms with van der Waals surface area (Å²) in [5.74, 6) is -0.243. The second-order valence-electron chi connectivity index (χ2n) is 13.0. The first-order chi connectivity index (χ1) is 23.7. The Hall–Kier alpha value is -2.17. The Kier molecular flexibility index (Phi) is 39.1. The molecular weight excluding hydrogens is 592 g/mol. The van der Waals surface area contributed by atoms with Crippen LogP contribution in [0, 0.1) is 0 Å². The van der Waals surface area contributed by atoms with Crippen LogP contribution in [0.3, 0.4) is 0 Å². The van der Waals surface area contributed by atoms with E-state index in [-0.39, 0.29) is 19.2 Å². The average Bonchev–Trinajstić information content (AvgIpc) is 3.09. The number of ether oxygens (including phenoxy) is 2. The van der Waals surface area contributed by atoms with Gasteiger partial charge < -0.3 is 14.6 Å². The zero-order valence-corrected chi connectivity index (χ0v) is 31.5. The van der Waals surface area contributed by atoms with Gasteiger partial charge in [0.25, 0.3) is 0 Å². The number of carbonyl (C=O) groups excluding carboxylic acids is 1. The van der Waals surface area contributed by atoms with E-state index in [0.29, 0.717) is 13.0 Å². The zero-order chi connectivity index (χ0) is 34.9. The number of aliphatic hydroxyl groups is 1. The highest BCUT2D eigenvalue weighted by molar-refractivity contribution is 5.69. The van der Waals surface area contributed by atoms with Crippen LogP contribution in [0.15, 0.2) is 72.9 Å². The van der Waals surface area contributed by atoms with Crippen molar-refractivity contribution in [1.82, 2.24) is 0 Å². The molecule has 0 saturated heterocycles. The van der Waals surface area contributed by atoms with Gasteiger partial charge in [-0.3, -0.25) is 4.79 Å². The minimum absolute atomic E-state index is 0.191. The standard InChI is InChI=1S/C44H76O4/c1-3-5-7-9-11-13-15-17-19-20-21-22-23-24-25-27-29-31-33-35-37-39-44(46)48-43(41-45)42-47-40-38-36-34-32-30-28-26-18-16-14-12-10-8-6-4-2/h5,7,11,13,17,19,21-22,24-25,29,31,43,45H,3-4,6,8-10,12,14-16,18,20,23,26-28,30,32-42H2,1-2H3/b7-5-,13-11-,19-17-,22-21-,25-24-,31-29-. The van der Waals surface area contributed by atoms with Crippen molar-refractivity contribution in [3.63, 3.8) is 0 Å². The topological polar surface area (TPSA) is 55.8 Å². The summed E-state index contributed by atoms with van der Waals surface area (Å²) >= 11 is 0. The van der Waals surface area contributed by atoms with Crippen molar-refractivity contribution in [2.75, 3.05) is 19.8 Å². The smallest absolute Gasteiger partial charge is 0.306 e. The van der Waals surface area contributed by atoms with Crippen LogP contribution in [0.1, 0.15) is 174 Å². The number of esters is 1. The van der Waals surface area contributed by atoms with E-state index in [0.717, 1.165) is 64.2 Å². The summed E-state index contributed by atoms with van der Waals surface area (Å²) in [6.07, 6.45) is 55.2. The molecule has 1 unspecified atom stereocenters. The first-order valence-corrected chi connectivity index (χ1v) is 20.0. The van der Waals surface area contributed by atoms with Gasteiger partial charge in [0.1, 0.15) is 6.10 Å². The third-order valence-corrected chi connectivity index (χ3v) is 8.30. The Bertz CT molecular complexity index is 835. The second kappa shape index (κ2) is 41.0. The van der Waals surface area contributed by atoms with Gasteiger partial charge >= 0.3 is 5.97 Å². The predicted octanol–water partition coefficient (Wildman–Crippen LogP) is 13.0. The lowest BCUT2D eigenvalue weighted by Crippen LogP contribution is -2.27. The van der Waals surface area contributed by atoms with Crippen LogP contribution in [-0.2, 0) is 14.3 Å². The average molecular weight is 669 g/mol. The van der Waals surface area contributed by atoms with Crippen molar-refractivity contribution in [2.45, 2.75) is 180 Å². The number of allylic oxidation sites excluding steroid dienone is 12. The molecule has 0 aromatic rings. The summed E-state index contributed by atoms with van der Waals surface area (Å²) in [7, 11) is 0. The van der Waals surface area contributed by atoms with Crippen LogP contribution >= 0.6 is 0 Å². The zero-order valence-electron chi connectivity index (χ0n) is 31.5. The summed E-state index contributed by atoms with van der Waals surface area (Å²) in [5.41, 5.74) is 0. The van der Waals surface area contributed by atoms with Gasteiger partial charge in [-0.05, 0) is 64.2 Å². The Morgan fingerprint density at radius 1 is 0.521 bits per heavy atom. The molecule has 0 heterocycles. The molecule has 0 aromatic carbocycles. The summed E-state index contributed by atoms with van der Waals surface area (Å²) < 4.78 is 11.1. The summed E-state index contributed by atoms with van der Waals surface area (Å²) in [6.45, 7) is 5.19. The van der Waals surface area contributed by atoms with Crippen LogP contribution in [0.25, 0.3) is 0 Å². The van der Waals surface area contributed by atoms with E-state index >= 15 is 0 Å². The van der Waals surface area contributed by atoms with E-state index in [1.165, 1.54) is 89.9 Å². The lowest BCUT2D eigenvalue weighted by atomic mass is 10.0. The van der Waals surface area contributed by atoms with Gasteiger partial charge in [0.05, 0.1) is 13.2 Å². The van der Waals surface area contributed by atoms with E-state index in [4.69, 9.17) is 9.47 Å². The fourth-order valence-corrected chi connectivity index (χ4v) is 5.33. The minimum atomic E-state index is -0.558. The molecular formula is C44H76O4. The highest BCUT2D eigenvalue weighted by atomic mass is 16.6. The molecule has 0 aliphatic rings. The van der Waals surface area contributed by atoms with Crippen LogP contribution in [0.5, 0.6) is 0 Å². The van der Waals surface area contributed by atoms with Gasteiger partial charge in [-0.15, -0.1) is 0 Å². The molecule has 0 aliphatic heterocycles. The summed E-state index contributed by atoms with van der Waals surface area (Å²) in [6, 6.07) is 0. The molecule has 0 saturated carbocycles. The number of aliphatic hydroxyl groups excluding tert-OH is 1. The first-order valence-electron chi connectivity index (χ1n) is 20.0. The largest absolute Gasteiger partial charge is 0.457 e. The molecule has 1 N–H and O–H groups in total. The van der Waals surface area contributed by atoms with E-state index < -0.39 is 6.10 Å². The summed E-state index contributed by atoms with van der Waals surface area (Å²) in [4.78, 5) is 12.2. The lowest BCUT2D eigenvalue weighted by molar-refractivity contribution is -0.154. The molecule has 0 spiro atoms. The maximum atomic E-state index is 12.2. The Labute approximate surface area is 297 Å². The molecule has 0 fully saturated rings. The predicted molar refractivity (Wildman–Crippen MR) is 209 cm³/mol.